The van der Waals surface area contributed by atoms with Crippen LogP contribution < -0.4 is 0 Å². The van der Waals surface area contributed by atoms with Gasteiger partial charge in [0.25, 0.3) is 0 Å². The molecule has 0 spiro atoms. The van der Waals surface area contributed by atoms with E-state index in [1.807, 2.05) is 30.5 Å². The van der Waals surface area contributed by atoms with Gasteiger partial charge in [-0.25, -0.2) is 4.98 Å². The zero-order valence-electron chi connectivity index (χ0n) is 11.2. The summed E-state index contributed by atoms with van der Waals surface area (Å²) >= 11 is 9.25. The Hall–Kier alpha value is -1.04. The van der Waals surface area contributed by atoms with Crippen LogP contribution >= 0.6 is 34.7 Å². The van der Waals surface area contributed by atoms with Gasteiger partial charge in [-0.2, -0.15) is 0 Å². The Bertz CT molecular complexity index is 613. The molecule has 0 amide bonds. The molecule has 2 rings (SSSR count). The van der Waals surface area contributed by atoms with Crippen molar-refractivity contribution in [2.75, 3.05) is 12.9 Å². The van der Waals surface area contributed by atoms with Crippen molar-refractivity contribution in [2.24, 2.45) is 0 Å². The molecule has 0 atom stereocenters. The van der Waals surface area contributed by atoms with Gasteiger partial charge in [0.1, 0.15) is 10.0 Å². The molecule has 0 aliphatic rings. The quantitative estimate of drug-likeness (QED) is 0.601. The monoisotopic (exact) mass is 327 g/mol. The number of aryl methyl sites for hydroxylation is 1. The summed E-state index contributed by atoms with van der Waals surface area (Å²) < 4.78 is 4.60. The number of nitrogens with zero attached hydrogens (tertiary/aromatic N) is 1. The second-order valence-electron chi connectivity index (χ2n) is 4.13. The summed E-state index contributed by atoms with van der Waals surface area (Å²) in [4.78, 5) is 15.6. The first kappa shape index (κ1) is 15.4. The van der Waals surface area contributed by atoms with Gasteiger partial charge in [0.15, 0.2) is 0 Å². The van der Waals surface area contributed by atoms with E-state index in [-0.39, 0.29) is 5.97 Å². The minimum absolute atomic E-state index is 0.196. The number of aromatic nitrogens is 1. The number of hydrogen-bond acceptors (Lipinski definition) is 5. The maximum atomic E-state index is 11.0. The van der Waals surface area contributed by atoms with Crippen molar-refractivity contribution in [1.82, 2.24) is 4.98 Å². The van der Waals surface area contributed by atoms with Crippen molar-refractivity contribution in [3.8, 4) is 10.6 Å². The van der Waals surface area contributed by atoms with Crippen LogP contribution in [0.15, 0.2) is 28.6 Å². The highest BCUT2D eigenvalue weighted by atomic mass is 35.5. The molecule has 1 aromatic heterocycles. The van der Waals surface area contributed by atoms with Gasteiger partial charge in [-0.15, -0.1) is 23.1 Å². The molecule has 106 valence electrons. The van der Waals surface area contributed by atoms with Crippen LogP contribution in [0.5, 0.6) is 0 Å². The van der Waals surface area contributed by atoms with Gasteiger partial charge in [0, 0.05) is 21.7 Å². The van der Waals surface area contributed by atoms with Gasteiger partial charge >= 0.3 is 5.97 Å². The van der Waals surface area contributed by atoms with Crippen LogP contribution in [-0.2, 0) is 9.53 Å². The summed E-state index contributed by atoms with van der Waals surface area (Å²) in [6, 6.07) is 5.94. The topological polar surface area (TPSA) is 39.2 Å². The molecule has 2 aromatic rings. The standard InChI is InChI=1S/C14H14ClNO2S2/c1-9-3-4-10(7-11(9)15)14-16-12(8-20-14)19-6-5-13(17)18-2/h3-4,7-8H,5-6H2,1-2H3. The summed E-state index contributed by atoms with van der Waals surface area (Å²) in [5.41, 5.74) is 2.07. The minimum atomic E-state index is -0.196. The molecule has 1 aromatic carbocycles. The molecule has 0 saturated carbocycles. The van der Waals surface area contributed by atoms with Gasteiger partial charge in [0.05, 0.1) is 13.5 Å². The molecule has 0 aliphatic heterocycles. The normalized spacial score (nSPS) is 10.6. The van der Waals surface area contributed by atoms with Crippen LogP contribution in [0.3, 0.4) is 0 Å². The lowest BCUT2D eigenvalue weighted by Crippen LogP contribution is -2.00. The Morgan fingerprint density at radius 3 is 3.00 bits per heavy atom. The molecule has 0 saturated heterocycles. The molecule has 0 N–H and O–H groups in total. The SMILES string of the molecule is COC(=O)CCSc1csc(-c2ccc(C)c(Cl)c2)n1. The van der Waals surface area contributed by atoms with Crippen LogP contribution in [0.25, 0.3) is 10.6 Å². The first-order valence-corrected chi connectivity index (χ1v) is 8.26. The zero-order valence-corrected chi connectivity index (χ0v) is 13.6. The van der Waals surface area contributed by atoms with Crippen LogP contribution in [0.1, 0.15) is 12.0 Å². The average Bonchev–Trinajstić information content (AvgIpc) is 2.90. The van der Waals surface area contributed by atoms with Gasteiger partial charge in [-0.05, 0) is 18.6 Å². The van der Waals surface area contributed by atoms with Gasteiger partial charge < -0.3 is 4.74 Å². The highest BCUT2D eigenvalue weighted by Gasteiger charge is 2.08. The molecular formula is C14H14ClNO2S2. The zero-order chi connectivity index (χ0) is 14.5. The average molecular weight is 328 g/mol. The van der Waals surface area contributed by atoms with E-state index in [1.165, 1.54) is 7.11 Å². The third-order valence-electron chi connectivity index (χ3n) is 2.69. The number of methoxy groups -OCH3 is 1. The third-order valence-corrected chi connectivity index (χ3v) is 5.05. The fourth-order valence-corrected chi connectivity index (χ4v) is 3.49. The molecule has 0 aliphatic carbocycles. The number of carbonyl (C=O) groups excluding carboxylic acids is 1. The maximum Gasteiger partial charge on any atom is 0.306 e. The van der Waals surface area contributed by atoms with Crippen LogP contribution in [0, 0.1) is 6.92 Å². The molecular weight excluding hydrogens is 314 g/mol. The Balaban J connectivity index is 2.01. The number of halogens is 1. The van der Waals surface area contributed by atoms with E-state index in [0.29, 0.717) is 12.2 Å². The number of ether oxygens (including phenoxy) is 1. The van der Waals surface area contributed by atoms with E-state index in [0.717, 1.165) is 26.2 Å². The first-order chi connectivity index (χ1) is 9.60. The largest absolute Gasteiger partial charge is 0.469 e. The van der Waals surface area contributed by atoms with Crippen molar-refractivity contribution in [1.29, 1.82) is 0 Å². The molecule has 0 unspecified atom stereocenters. The lowest BCUT2D eigenvalue weighted by molar-refractivity contribution is -0.140. The van der Waals surface area contributed by atoms with Crippen molar-refractivity contribution in [3.05, 3.63) is 34.2 Å². The lowest BCUT2D eigenvalue weighted by Gasteiger charge is -2.00. The Labute approximate surface area is 131 Å². The molecule has 3 nitrogen and oxygen atoms in total. The van der Waals surface area contributed by atoms with Crippen molar-refractivity contribution in [3.63, 3.8) is 0 Å². The number of carbonyl (C=O) groups is 1. The van der Waals surface area contributed by atoms with Gasteiger partial charge in [-0.1, -0.05) is 23.7 Å². The van der Waals surface area contributed by atoms with Crippen molar-refractivity contribution < 1.29 is 9.53 Å². The lowest BCUT2D eigenvalue weighted by atomic mass is 10.1. The molecule has 20 heavy (non-hydrogen) atoms. The number of thiazole rings is 1. The molecule has 0 bridgehead atoms. The van der Waals surface area contributed by atoms with Crippen LogP contribution in [-0.4, -0.2) is 23.8 Å². The number of esters is 1. The summed E-state index contributed by atoms with van der Waals surface area (Å²) in [7, 11) is 1.40. The summed E-state index contributed by atoms with van der Waals surface area (Å²) in [6.45, 7) is 1.97. The highest BCUT2D eigenvalue weighted by molar-refractivity contribution is 7.99. The summed E-state index contributed by atoms with van der Waals surface area (Å²) in [6.07, 6.45) is 0.393. The highest BCUT2D eigenvalue weighted by Crippen LogP contribution is 2.31. The van der Waals surface area contributed by atoms with Crippen LogP contribution in [0.2, 0.25) is 5.02 Å². The first-order valence-electron chi connectivity index (χ1n) is 6.02. The van der Waals surface area contributed by atoms with Gasteiger partial charge in [-0.3, -0.25) is 4.79 Å². The van der Waals surface area contributed by atoms with E-state index < -0.39 is 0 Å². The van der Waals surface area contributed by atoms with Gasteiger partial charge in [0.2, 0.25) is 0 Å². The van der Waals surface area contributed by atoms with Crippen LogP contribution in [0.4, 0.5) is 0 Å². The van der Waals surface area contributed by atoms with E-state index in [9.17, 15) is 4.79 Å². The van der Waals surface area contributed by atoms with E-state index in [4.69, 9.17) is 11.6 Å². The summed E-state index contributed by atoms with van der Waals surface area (Å²) in [5.74, 6) is 0.475. The van der Waals surface area contributed by atoms with Crippen molar-refractivity contribution in [2.45, 2.75) is 18.4 Å². The minimum Gasteiger partial charge on any atom is -0.469 e. The Morgan fingerprint density at radius 2 is 2.30 bits per heavy atom. The number of thioether (sulfide) groups is 1. The number of hydrogen-bond donors (Lipinski definition) is 0. The number of rotatable bonds is 5. The predicted molar refractivity (Wildman–Crippen MR) is 84.7 cm³/mol. The fraction of sp³-hybridized carbons (Fsp3) is 0.286. The fourth-order valence-electron chi connectivity index (χ4n) is 1.52. The second-order valence-corrected chi connectivity index (χ2v) is 6.51. The smallest absolute Gasteiger partial charge is 0.306 e. The van der Waals surface area contributed by atoms with E-state index >= 15 is 0 Å². The molecule has 6 heteroatoms. The second kappa shape index (κ2) is 7.11. The Morgan fingerprint density at radius 1 is 1.50 bits per heavy atom. The third kappa shape index (κ3) is 3.98. The van der Waals surface area contributed by atoms with E-state index in [1.54, 1.807) is 23.1 Å². The predicted octanol–water partition coefficient (Wildman–Crippen LogP) is 4.43. The maximum absolute atomic E-state index is 11.0. The molecule has 1 heterocycles. The Kier molecular flexibility index (Phi) is 5.46. The summed E-state index contributed by atoms with van der Waals surface area (Å²) in [5, 5.41) is 4.60. The van der Waals surface area contributed by atoms with E-state index in [2.05, 4.69) is 9.72 Å². The molecule has 0 fully saturated rings. The van der Waals surface area contributed by atoms with Crippen molar-refractivity contribution >= 4 is 40.7 Å². The number of benzene rings is 1. The molecule has 0 radical (unpaired) electrons.